The van der Waals surface area contributed by atoms with Crippen LogP contribution in [0.5, 0.6) is 11.5 Å². The van der Waals surface area contributed by atoms with Crippen LogP contribution in [-0.2, 0) is 6.67 Å². The molecule has 5 aromatic rings. The highest BCUT2D eigenvalue weighted by Gasteiger charge is 2.40. The van der Waals surface area contributed by atoms with Crippen molar-refractivity contribution in [2.75, 3.05) is 45.3 Å². The molecular weight excluding hydrogens is 642 g/mol. The third kappa shape index (κ3) is 5.60. The van der Waals surface area contributed by atoms with Gasteiger partial charge >= 0.3 is 5.97 Å². The van der Waals surface area contributed by atoms with Crippen LogP contribution in [0.15, 0.2) is 71.7 Å². The van der Waals surface area contributed by atoms with Crippen molar-refractivity contribution in [1.29, 1.82) is 0 Å². The number of ether oxygens (including phenoxy) is 2. The summed E-state index contributed by atoms with van der Waals surface area (Å²) in [4.78, 5) is 28.6. The smallest absolute Gasteiger partial charge is 0.341 e. The molecule has 48 heavy (non-hydrogen) atoms. The van der Waals surface area contributed by atoms with E-state index in [2.05, 4.69) is 4.90 Å². The van der Waals surface area contributed by atoms with Gasteiger partial charge in [-0.15, -0.1) is 5.10 Å². The van der Waals surface area contributed by atoms with Gasteiger partial charge in [0.2, 0.25) is 10.2 Å². The lowest BCUT2D eigenvalue weighted by Crippen LogP contribution is -2.47. The number of hydrogen-bond donors (Lipinski definition) is 1. The summed E-state index contributed by atoms with van der Waals surface area (Å²) in [5.74, 6) is -0.283. The van der Waals surface area contributed by atoms with Crippen LogP contribution in [0.25, 0.3) is 28.0 Å². The molecule has 0 amide bonds. The number of anilines is 1. The third-order valence-electron chi connectivity index (χ3n) is 8.91. The number of aromatic nitrogens is 4. The Bertz CT molecular complexity index is 2160. The van der Waals surface area contributed by atoms with Gasteiger partial charge in [-0.05, 0) is 54.7 Å². The van der Waals surface area contributed by atoms with Gasteiger partial charge in [0.05, 0.1) is 38.1 Å². The fourth-order valence-electron chi connectivity index (χ4n) is 6.26. The molecule has 1 saturated heterocycles. The van der Waals surface area contributed by atoms with Crippen LogP contribution in [0.1, 0.15) is 22.8 Å². The number of carboxylic acids is 1. The van der Waals surface area contributed by atoms with Gasteiger partial charge < -0.3 is 24.0 Å². The normalized spacial score (nSPS) is 17.9. The molecular formula is C34H32F2N6O5S. The van der Waals surface area contributed by atoms with Crippen LogP contribution >= 0.6 is 12.2 Å². The zero-order valence-corrected chi connectivity index (χ0v) is 27.0. The summed E-state index contributed by atoms with van der Waals surface area (Å²) in [6.45, 7) is 2.44. The van der Waals surface area contributed by atoms with Crippen molar-refractivity contribution >= 4 is 34.8 Å². The molecule has 2 atom stereocenters. The molecule has 0 bridgehead atoms. The highest BCUT2D eigenvalue weighted by atomic mass is 32.1. The van der Waals surface area contributed by atoms with E-state index in [1.165, 1.54) is 16.8 Å². The van der Waals surface area contributed by atoms with Crippen LogP contribution in [-0.4, -0.2) is 81.5 Å². The van der Waals surface area contributed by atoms with Crippen LogP contribution in [0.3, 0.4) is 0 Å². The molecule has 0 spiro atoms. The summed E-state index contributed by atoms with van der Waals surface area (Å²) < 4.78 is 46.3. The number of benzene rings is 3. The Morgan fingerprint density at radius 3 is 2.38 bits per heavy atom. The standard InChI is InChI=1S/C34H32F2N6O5S/c1-46-29-9-8-20(14-30(29)47-2)32-37-41(34(48)42(32)21-6-4-3-5-7-21)19-38-10-12-39(13-11-38)27-17-26-22(15-24(27)35)31(43)23(33(44)45)18-40(26)28-16-25(28)36/h3-9,14-15,17-18,25,28H,10-13,16,19H2,1-2H3,(H,44,45)/t25-,28+/m0/s1. The van der Waals surface area contributed by atoms with E-state index >= 15 is 4.39 Å². The molecule has 11 nitrogen and oxygen atoms in total. The second kappa shape index (κ2) is 12.5. The molecule has 1 saturated carbocycles. The van der Waals surface area contributed by atoms with Gasteiger partial charge in [0.1, 0.15) is 17.6 Å². The Morgan fingerprint density at radius 1 is 1.02 bits per heavy atom. The van der Waals surface area contributed by atoms with E-state index in [0.717, 1.165) is 17.3 Å². The SMILES string of the molecule is COc1ccc(-c2nn(CN3CCN(c4cc5c(cc4F)c(=O)c(C(=O)O)cn5[C@@H]4C[C@@H]4F)CC3)c(=S)n2-c2ccccc2)cc1OC. The lowest BCUT2D eigenvalue weighted by Gasteiger charge is -2.36. The van der Waals surface area contributed by atoms with Crippen LogP contribution in [0, 0.1) is 10.6 Å². The quantitative estimate of drug-likeness (QED) is 0.209. The molecule has 1 aliphatic heterocycles. The minimum atomic E-state index is -1.43. The number of fused-ring (bicyclic) bond motifs is 1. The maximum absolute atomic E-state index is 15.5. The molecule has 1 N–H and O–H groups in total. The minimum absolute atomic E-state index is 0.0810. The number of rotatable bonds is 9. The van der Waals surface area contributed by atoms with Gasteiger partial charge in [-0.25, -0.2) is 18.3 Å². The number of nitrogens with zero attached hydrogens (tertiary/aromatic N) is 6. The molecule has 7 rings (SSSR count). The summed E-state index contributed by atoms with van der Waals surface area (Å²) in [6.07, 6.45) is 0.225. The first kappa shape index (κ1) is 31.5. The molecule has 0 radical (unpaired) electrons. The topological polar surface area (TPSA) is 107 Å². The van der Waals surface area contributed by atoms with E-state index in [-0.39, 0.29) is 17.5 Å². The Morgan fingerprint density at radius 2 is 1.73 bits per heavy atom. The van der Waals surface area contributed by atoms with E-state index in [0.29, 0.717) is 60.5 Å². The van der Waals surface area contributed by atoms with Crippen molar-refractivity contribution in [2.45, 2.75) is 25.3 Å². The van der Waals surface area contributed by atoms with Crippen LogP contribution < -0.4 is 19.8 Å². The van der Waals surface area contributed by atoms with E-state index in [1.807, 2.05) is 58.0 Å². The molecule has 2 fully saturated rings. The molecule has 3 heterocycles. The second-order valence-electron chi connectivity index (χ2n) is 11.8. The van der Waals surface area contributed by atoms with Gasteiger partial charge in [-0.3, -0.25) is 14.3 Å². The number of methoxy groups -OCH3 is 2. The van der Waals surface area contributed by atoms with Crippen LogP contribution in [0.2, 0.25) is 0 Å². The summed E-state index contributed by atoms with van der Waals surface area (Å²) in [5, 5.41) is 14.4. The van der Waals surface area contributed by atoms with Gasteiger partial charge in [-0.2, -0.15) is 0 Å². The van der Waals surface area contributed by atoms with Crippen molar-refractivity contribution in [3.8, 4) is 28.6 Å². The van der Waals surface area contributed by atoms with E-state index in [1.54, 1.807) is 18.9 Å². The number of carbonyl (C=O) groups is 1. The number of alkyl halides is 1. The monoisotopic (exact) mass is 674 g/mol. The van der Waals surface area contributed by atoms with E-state index in [4.69, 9.17) is 26.8 Å². The number of aromatic carboxylic acids is 1. The molecule has 0 unspecified atom stereocenters. The maximum Gasteiger partial charge on any atom is 0.341 e. The van der Waals surface area contributed by atoms with Crippen molar-refractivity contribution in [3.05, 3.63) is 93.2 Å². The Balaban J connectivity index is 1.16. The highest BCUT2D eigenvalue weighted by molar-refractivity contribution is 7.71. The van der Waals surface area contributed by atoms with Crippen molar-refractivity contribution < 1.29 is 28.2 Å². The second-order valence-corrected chi connectivity index (χ2v) is 12.2. The van der Waals surface area contributed by atoms with Crippen molar-refractivity contribution in [1.82, 2.24) is 23.8 Å². The molecule has 248 valence electrons. The van der Waals surface area contributed by atoms with Gasteiger partial charge in [-0.1, -0.05) is 18.2 Å². The highest BCUT2D eigenvalue weighted by Crippen LogP contribution is 2.41. The molecule has 1 aliphatic carbocycles. The van der Waals surface area contributed by atoms with Crippen molar-refractivity contribution in [2.24, 2.45) is 0 Å². The molecule has 3 aromatic carbocycles. The number of piperazine rings is 1. The number of pyridine rings is 1. The lowest BCUT2D eigenvalue weighted by atomic mass is 10.1. The Labute approximate surface area is 278 Å². The molecule has 14 heteroatoms. The number of halogens is 2. The van der Waals surface area contributed by atoms with E-state index < -0.39 is 35.0 Å². The first-order valence-corrected chi connectivity index (χ1v) is 15.8. The average molecular weight is 675 g/mol. The van der Waals surface area contributed by atoms with Crippen molar-refractivity contribution in [3.63, 3.8) is 0 Å². The summed E-state index contributed by atoms with van der Waals surface area (Å²) in [5.41, 5.74) is 0.931. The predicted molar refractivity (Wildman–Crippen MR) is 178 cm³/mol. The van der Waals surface area contributed by atoms with Gasteiger partial charge in [0, 0.05) is 55.4 Å². The zero-order chi connectivity index (χ0) is 33.7. The van der Waals surface area contributed by atoms with Crippen LogP contribution in [0.4, 0.5) is 14.5 Å². The Kier molecular flexibility index (Phi) is 8.21. The Hall–Kier alpha value is -5.08. The number of carboxylic acid groups (broad SMARTS) is 1. The first-order chi connectivity index (χ1) is 23.2. The molecule has 2 aromatic heterocycles. The van der Waals surface area contributed by atoms with Gasteiger partial charge in [0.25, 0.3) is 0 Å². The number of para-hydroxylation sites is 1. The van der Waals surface area contributed by atoms with E-state index in [9.17, 15) is 19.1 Å². The lowest BCUT2D eigenvalue weighted by molar-refractivity contribution is 0.0694. The largest absolute Gasteiger partial charge is 0.493 e. The summed E-state index contributed by atoms with van der Waals surface area (Å²) in [7, 11) is 3.16. The predicted octanol–water partition coefficient (Wildman–Crippen LogP) is 5.30. The first-order valence-electron chi connectivity index (χ1n) is 15.4. The van der Waals surface area contributed by atoms with Gasteiger partial charge in [0.15, 0.2) is 17.3 Å². The zero-order valence-electron chi connectivity index (χ0n) is 26.2. The summed E-state index contributed by atoms with van der Waals surface area (Å²) in [6, 6.07) is 17.3. The number of hydrogen-bond acceptors (Lipinski definition) is 8. The average Bonchev–Trinajstić information content (AvgIpc) is 3.74. The third-order valence-corrected chi connectivity index (χ3v) is 9.31. The maximum atomic E-state index is 15.5. The fourth-order valence-corrected chi connectivity index (χ4v) is 6.55. The molecule has 2 aliphatic rings. The summed E-state index contributed by atoms with van der Waals surface area (Å²) >= 11 is 5.95. The fraction of sp³-hybridized carbons (Fsp3) is 0.294. The minimum Gasteiger partial charge on any atom is -0.493 e.